The van der Waals surface area contributed by atoms with E-state index >= 15 is 0 Å². The van der Waals surface area contributed by atoms with Crippen molar-refractivity contribution >= 4 is 11.9 Å². The third-order valence-corrected chi connectivity index (χ3v) is 2.73. The molecule has 1 unspecified atom stereocenters. The Morgan fingerprint density at radius 1 is 1.25 bits per heavy atom. The van der Waals surface area contributed by atoms with Crippen LogP contribution in [0.4, 0.5) is 9.18 Å². The van der Waals surface area contributed by atoms with Crippen LogP contribution in [0.15, 0.2) is 24.3 Å². The van der Waals surface area contributed by atoms with Crippen molar-refractivity contribution in [1.82, 2.24) is 10.6 Å². The molecule has 0 heterocycles. The van der Waals surface area contributed by atoms with Crippen LogP contribution in [-0.2, 0) is 11.2 Å². The van der Waals surface area contributed by atoms with Gasteiger partial charge in [-0.25, -0.2) is 9.18 Å². The molecule has 110 valence electrons. The van der Waals surface area contributed by atoms with Crippen molar-refractivity contribution in [3.8, 4) is 0 Å². The first-order valence-corrected chi connectivity index (χ1v) is 6.46. The van der Waals surface area contributed by atoms with Crippen molar-refractivity contribution in [2.45, 2.75) is 26.3 Å². The summed E-state index contributed by atoms with van der Waals surface area (Å²) < 4.78 is 12.8. The Labute approximate surface area is 117 Å². The van der Waals surface area contributed by atoms with Crippen molar-refractivity contribution in [1.29, 1.82) is 0 Å². The van der Waals surface area contributed by atoms with Crippen molar-refractivity contribution in [2.75, 3.05) is 6.54 Å². The molecule has 4 N–H and O–H groups in total. The van der Waals surface area contributed by atoms with Crippen molar-refractivity contribution < 1.29 is 14.0 Å². The molecule has 0 aliphatic heterocycles. The maximum atomic E-state index is 12.8. The van der Waals surface area contributed by atoms with E-state index < -0.39 is 11.8 Å². The summed E-state index contributed by atoms with van der Waals surface area (Å²) in [4.78, 5) is 22.8. The summed E-state index contributed by atoms with van der Waals surface area (Å²) in [6.07, 6.45) is 0.359. The summed E-state index contributed by atoms with van der Waals surface area (Å²) in [6, 6.07) is 5.52. The lowest BCUT2D eigenvalue weighted by molar-refractivity contribution is -0.121. The molecule has 1 aromatic rings. The van der Waals surface area contributed by atoms with E-state index in [1.165, 1.54) is 12.1 Å². The Morgan fingerprint density at radius 3 is 2.35 bits per heavy atom. The molecule has 20 heavy (non-hydrogen) atoms. The normalized spacial score (nSPS) is 12.0. The maximum absolute atomic E-state index is 12.8. The highest BCUT2D eigenvalue weighted by atomic mass is 19.1. The number of carbonyl (C=O) groups excluding carboxylic acids is 2. The summed E-state index contributed by atoms with van der Waals surface area (Å²) in [5.41, 5.74) is 6.11. The highest BCUT2D eigenvalue weighted by Crippen LogP contribution is 2.09. The average molecular weight is 281 g/mol. The van der Waals surface area contributed by atoms with Crippen LogP contribution < -0.4 is 16.4 Å². The maximum Gasteiger partial charge on any atom is 0.315 e. The Kier molecular flexibility index (Phi) is 5.96. The van der Waals surface area contributed by atoms with Crippen LogP contribution in [0.2, 0.25) is 0 Å². The third-order valence-electron chi connectivity index (χ3n) is 2.73. The molecule has 1 aromatic carbocycles. The number of hydrogen-bond donors (Lipinski definition) is 3. The second-order valence-electron chi connectivity index (χ2n) is 4.94. The first-order valence-electron chi connectivity index (χ1n) is 6.46. The lowest BCUT2D eigenvalue weighted by atomic mass is 9.98. The minimum atomic E-state index is -0.529. The number of rotatable bonds is 6. The number of nitrogens with one attached hydrogen (secondary N) is 2. The van der Waals surface area contributed by atoms with Crippen LogP contribution in [0, 0.1) is 11.7 Å². The van der Waals surface area contributed by atoms with Gasteiger partial charge in [0, 0.05) is 12.6 Å². The van der Waals surface area contributed by atoms with Gasteiger partial charge in [0.2, 0.25) is 5.91 Å². The zero-order chi connectivity index (χ0) is 15.1. The van der Waals surface area contributed by atoms with E-state index in [9.17, 15) is 14.0 Å². The molecule has 0 aliphatic rings. The Hall–Kier alpha value is -2.11. The number of carbonyl (C=O) groups is 2. The number of urea groups is 1. The number of nitrogens with two attached hydrogens (primary N) is 1. The Morgan fingerprint density at radius 2 is 1.85 bits per heavy atom. The first kappa shape index (κ1) is 15.9. The van der Waals surface area contributed by atoms with Crippen LogP contribution >= 0.6 is 0 Å². The van der Waals surface area contributed by atoms with Crippen molar-refractivity contribution in [3.05, 3.63) is 35.6 Å². The predicted octanol–water partition coefficient (Wildman–Crippen LogP) is 1.18. The number of benzene rings is 1. The zero-order valence-corrected chi connectivity index (χ0v) is 11.7. The minimum absolute atomic E-state index is 0.0131. The van der Waals surface area contributed by atoms with Gasteiger partial charge in [0.05, 0.1) is 5.92 Å². The van der Waals surface area contributed by atoms with Gasteiger partial charge in [-0.05, 0) is 38.0 Å². The standard InChI is InChI=1S/C14H20FN3O2/c1-9(2)18-14(20)17-8-11(13(16)19)7-10-3-5-12(15)6-4-10/h3-6,9,11H,7-8H2,1-2H3,(H2,16,19)(H2,17,18,20). The van der Waals surface area contributed by atoms with Crippen LogP contribution in [0.5, 0.6) is 0 Å². The molecular formula is C14H20FN3O2. The van der Waals surface area contributed by atoms with Crippen molar-refractivity contribution in [2.24, 2.45) is 11.7 Å². The number of halogens is 1. The van der Waals surface area contributed by atoms with Crippen LogP contribution in [0.3, 0.4) is 0 Å². The summed E-state index contributed by atoms with van der Waals surface area (Å²) in [6.45, 7) is 3.82. The Balaban J connectivity index is 2.55. The van der Waals surface area contributed by atoms with E-state index in [0.717, 1.165) is 5.56 Å². The molecule has 3 amide bonds. The Bertz CT molecular complexity index is 460. The van der Waals surface area contributed by atoms with E-state index in [2.05, 4.69) is 10.6 Å². The highest BCUT2D eigenvalue weighted by molar-refractivity contribution is 5.79. The van der Waals surface area contributed by atoms with E-state index in [1.54, 1.807) is 12.1 Å². The van der Waals surface area contributed by atoms with Gasteiger partial charge in [0.25, 0.3) is 0 Å². The van der Waals surface area contributed by atoms with Gasteiger partial charge in [-0.1, -0.05) is 12.1 Å². The average Bonchev–Trinajstić information content (AvgIpc) is 2.35. The van der Waals surface area contributed by atoms with Crippen LogP contribution in [0.1, 0.15) is 19.4 Å². The molecule has 0 saturated carbocycles. The lowest BCUT2D eigenvalue weighted by Gasteiger charge is -2.16. The fourth-order valence-corrected chi connectivity index (χ4v) is 1.71. The van der Waals surface area contributed by atoms with Crippen LogP contribution in [0.25, 0.3) is 0 Å². The molecule has 5 nitrogen and oxygen atoms in total. The summed E-state index contributed by atoms with van der Waals surface area (Å²) in [5, 5.41) is 5.26. The molecule has 0 spiro atoms. The molecule has 1 atom stereocenters. The molecule has 0 saturated heterocycles. The largest absolute Gasteiger partial charge is 0.369 e. The van der Waals surface area contributed by atoms with E-state index in [0.29, 0.717) is 6.42 Å². The predicted molar refractivity (Wildman–Crippen MR) is 74.5 cm³/mol. The van der Waals surface area contributed by atoms with Gasteiger partial charge in [-0.2, -0.15) is 0 Å². The second kappa shape index (κ2) is 7.47. The quantitative estimate of drug-likeness (QED) is 0.731. The number of hydrogen-bond acceptors (Lipinski definition) is 2. The fourth-order valence-electron chi connectivity index (χ4n) is 1.71. The molecular weight excluding hydrogens is 261 g/mol. The first-order chi connectivity index (χ1) is 9.38. The highest BCUT2D eigenvalue weighted by Gasteiger charge is 2.17. The third kappa shape index (κ3) is 5.69. The fraction of sp³-hybridized carbons (Fsp3) is 0.429. The van der Waals surface area contributed by atoms with E-state index in [-0.39, 0.29) is 24.4 Å². The summed E-state index contributed by atoms with van der Waals surface area (Å²) in [7, 11) is 0. The lowest BCUT2D eigenvalue weighted by Crippen LogP contribution is -2.44. The smallest absolute Gasteiger partial charge is 0.315 e. The molecule has 1 rings (SSSR count). The van der Waals surface area contributed by atoms with E-state index in [1.807, 2.05) is 13.8 Å². The molecule has 0 aliphatic carbocycles. The molecule has 0 radical (unpaired) electrons. The molecule has 6 heteroatoms. The molecule has 0 aromatic heterocycles. The molecule has 0 fully saturated rings. The van der Waals surface area contributed by atoms with Gasteiger partial charge in [0.1, 0.15) is 5.82 Å². The van der Waals surface area contributed by atoms with Gasteiger partial charge in [-0.15, -0.1) is 0 Å². The van der Waals surface area contributed by atoms with Crippen LogP contribution in [-0.4, -0.2) is 24.5 Å². The number of primary amides is 1. The summed E-state index contributed by atoms with van der Waals surface area (Å²) >= 11 is 0. The van der Waals surface area contributed by atoms with Gasteiger partial charge >= 0.3 is 6.03 Å². The topological polar surface area (TPSA) is 84.2 Å². The monoisotopic (exact) mass is 281 g/mol. The molecule has 0 bridgehead atoms. The SMILES string of the molecule is CC(C)NC(=O)NCC(Cc1ccc(F)cc1)C(N)=O. The van der Waals surface area contributed by atoms with Gasteiger partial charge in [-0.3, -0.25) is 4.79 Å². The summed E-state index contributed by atoms with van der Waals surface area (Å²) in [5.74, 6) is -1.36. The second-order valence-corrected chi connectivity index (χ2v) is 4.94. The van der Waals surface area contributed by atoms with Gasteiger partial charge < -0.3 is 16.4 Å². The minimum Gasteiger partial charge on any atom is -0.369 e. The van der Waals surface area contributed by atoms with Gasteiger partial charge in [0.15, 0.2) is 0 Å². The zero-order valence-electron chi connectivity index (χ0n) is 11.7. The van der Waals surface area contributed by atoms with Crippen molar-refractivity contribution in [3.63, 3.8) is 0 Å². The number of amides is 3. The van der Waals surface area contributed by atoms with E-state index in [4.69, 9.17) is 5.73 Å².